The van der Waals surface area contributed by atoms with E-state index in [-0.39, 0.29) is 30.8 Å². The summed E-state index contributed by atoms with van der Waals surface area (Å²) in [6.45, 7) is 2.10. The Morgan fingerprint density at radius 1 is 0.867 bits per heavy atom. The maximum Gasteiger partial charge on any atom is 0.323 e. The fraction of sp³-hybridized carbons (Fsp3) is 0.206. The van der Waals surface area contributed by atoms with Gasteiger partial charge in [0.15, 0.2) is 11.4 Å². The molecule has 4 N–H and O–H groups in total. The molecule has 0 spiro atoms. The van der Waals surface area contributed by atoms with Gasteiger partial charge in [-0.25, -0.2) is 9.78 Å². The number of aliphatic hydroxyl groups excluding tert-OH is 1. The molecule has 2 amide bonds. The maximum absolute atomic E-state index is 12.7. The molecule has 0 unspecified atom stereocenters. The Bertz CT molecular complexity index is 1650. The van der Waals surface area contributed by atoms with E-state index in [1.165, 1.54) is 6.33 Å². The van der Waals surface area contributed by atoms with Gasteiger partial charge in [-0.1, -0.05) is 73.3 Å². The minimum Gasteiger partial charge on any atom is -0.457 e. The smallest absolute Gasteiger partial charge is 0.323 e. The van der Waals surface area contributed by atoms with Crippen LogP contribution in [-0.4, -0.2) is 38.2 Å². The number of para-hydroxylation sites is 1. The lowest BCUT2D eigenvalue weighted by Crippen LogP contribution is -2.38. The molecular weight excluding hydrogens is 590 g/mol. The number of rotatable bonds is 10. The Hall–Kier alpha value is -4.68. The molecule has 0 aliphatic carbocycles. The Balaban J connectivity index is 1.09. The molecule has 2 heterocycles. The predicted octanol–water partition coefficient (Wildman–Crippen LogP) is 7.32. The number of aromatic amines is 1. The van der Waals surface area contributed by atoms with E-state index >= 15 is 0 Å². The molecule has 0 bridgehead atoms. The first kappa shape index (κ1) is 30.4. The van der Waals surface area contributed by atoms with Crippen LogP contribution < -0.4 is 15.4 Å². The fourth-order valence-electron chi connectivity index (χ4n) is 4.98. The summed E-state index contributed by atoms with van der Waals surface area (Å²) in [5.41, 5.74) is 3.94. The topological polar surface area (TPSA) is 131 Å². The minimum absolute atomic E-state index is 0.0159. The zero-order chi connectivity index (χ0) is 31.0. The Kier molecular flexibility index (Phi) is 9.71. The minimum atomic E-state index is -0.622. The quantitative estimate of drug-likeness (QED) is 0.119. The van der Waals surface area contributed by atoms with Crippen molar-refractivity contribution in [3.05, 3.63) is 126 Å². The van der Waals surface area contributed by atoms with Crippen LogP contribution in [0.15, 0.2) is 115 Å². The SMILES string of the molecule is C[C@@H]1[C@H](CSc2ncn[nH]2)O[C@H](c2ccc(NC(=O)Nc3ccc(Oc4ccccc4)cc3)cc2)O[C@@H]1c1ccc(CO)cc1. The van der Waals surface area contributed by atoms with Crippen LogP contribution in [0.5, 0.6) is 11.5 Å². The van der Waals surface area contributed by atoms with E-state index in [0.29, 0.717) is 22.9 Å². The van der Waals surface area contributed by atoms with Gasteiger partial charge in [0.2, 0.25) is 0 Å². The number of nitrogens with one attached hydrogen (secondary N) is 3. The molecule has 1 fully saturated rings. The second-order valence-electron chi connectivity index (χ2n) is 10.6. The van der Waals surface area contributed by atoms with Crippen molar-refractivity contribution in [2.24, 2.45) is 5.92 Å². The molecule has 4 atom stereocenters. The average molecular weight is 624 g/mol. The van der Waals surface area contributed by atoms with E-state index < -0.39 is 6.29 Å². The van der Waals surface area contributed by atoms with Crippen LogP contribution in [0.25, 0.3) is 0 Å². The van der Waals surface area contributed by atoms with Crippen molar-refractivity contribution < 1.29 is 24.1 Å². The Morgan fingerprint density at radius 2 is 1.51 bits per heavy atom. The average Bonchev–Trinajstić information content (AvgIpc) is 3.60. The summed E-state index contributed by atoms with van der Waals surface area (Å²) in [6, 6.07) is 31.5. The van der Waals surface area contributed by atoms with Crippen LogP contribution in [0.3, 0.4) is 0 Å². The van der Waals surface area contributed by atoms with E-state index in [1.807, 2.05) is 78.9 Å². The first-order valence-electron chi connectivity index (χ1n) is 14.5. The second kappa shape index (κ2) is 14.4. The van der Waals surface area contributed by atoms with Crippen LogP contribution in [0, 0.1) is 5.92 Å². The molecular formula is C34H33N5O5S. The largest absolute Gasteiger partial charge is 0.457 e. The number of hydrogen-bond donors (Lipinski definition) is 4. The summed E-state index contributed by atoms with van der Waals surface area (Å²) >= 11 is 1.54. The van der Waals surface area contributed by atoms with Gasteiger partial charge in [0.25, 0.3) is 0 Å². The van der Waals surface area contributed by atoms with Gasteiger partial charge >= 0.3 is 6.03 Å². The maximum atomic E-state index is 12.7. The summed E-state index contributed by atoms with van der Waals surface area (Å²) in [4.78, 5) is 16.9. The van der Waals surface area contributed by atoms with Gasteiger partial charge in [-0.2, -0.15) is 5.10 Å². The molecule has 1 aliphatic rings. The van der Waals surface area contributed by atoms with Crippen LogP contribution in [0.4, 0.5) is 16.2 Å². The van der Waals surface area contributed by atoms with Gasteiger partial charge in [0, 0.05) is 28.6 Å². The summed E-state index contributed by atoms with van der Waals surface area (Å²) < 4.78 is 18.8. The zero-order valence-corrected chi connectivity index (χ0v) is 25.3. The van der Waals surface area contributed by atoms with Crippen molar-refractivity contribution in [3.63, 3.8) is 0 Å². The van der Waals surface area contributed by atoms with Crippen LogP contribution in [0.2, 0.25) is 0 Å². The summed E-state index contributed by atoms with van der Waals surface area (Å²) in [7, 11) is 0. The third-order valence-corrected chi connectivity index (χ3v) is 8.40. The van der Waals surface area contributed by atoms with Crippen LogP contribution >= 0.6 is 11.8 Å². The third-order valence-electron chi connectivity index (χ3n) is 7.43. The number of benzene rings is 4. The molecule has 0 saturated carbocycles. The zero-order valence-electron chi connectivity index (χ0n) is 24.5. The molecule has 4 aromatic carbocycles. The van der Waals surface area contributed by atoms with Gasteiger partial charge in [0.1, 0.15) is 17.8 Å². The molecule has 6 rings (SSSR count). The van der Waals surface area contributed by atoms with Crippen molar-refractivity contribution in [3.8, 4) is 11.5 Å². The van der Waals surface area contributed by atoms with Crippen molar-refractivity contribution in [2.75, 3.05) is 16.4 Å². The molecule has 230 valence electrons. The highest BCUT2D eigenvalue weighted by Crippen LogP contribution is 2.43. The Labute approximate surface area is 265 Å². The fourth-order valence-corrected chi connectivity index (χ4v) is 5.93. The van der Waals surface area contributed by atoms with Crippen LogP contribution in [0.1, 0.15) is 36.0 Å². The number of carbonyl (C=O) groups is 1. The summed E-state index contributed by atoms with van der Waals surface area (Å²) in [5, 5.41) is 22.7. The number of ether oxygens (including phenoxy) is 3. The van der Waals surface area contributed by atoms with Gasteiger partial charge in [-0.3, -0.25) is 5.10 Å². The number of hydrogen-bond acceptors (Lipinski definition) is 8. The number of carbonyl (C=O) groups excluding carboxylic acids is 1. The number of thioether (sulfide) groups is 1. The highest BCUT2D eigenvalue weighted by Gasteiger charge is 2.38. The summed E-state index contributed by atoms with van der Waals surface area (Å²) in [6.07, 6.45) is 0.487. The molecule has 1 saturated heterocycles. The molecule has 0 radical (unpaired) electrons. The first-order valence-corrected chi connectivity index (χ1v) is 15.5. The predicted molar refractivity (Wildman–Crippen MR) is 172 cm³/mol. The van der Waals surface area contributed by atoms with E-state index in [1.54, 1.807) is 36.0 Å². The number of amides is 2. The van der Waals surface area contributed by atoms with Crippen LogP contribution in [-0.2, 0) is 16.1 Å². The third kappa shape index (κ3) is 7.89. The van der Waals surface area contributed by atoms with E-state index in [9.17, 15) is 9.90 Å². The highest BCUT2D eigenvalue weighted by molar-refractivity contribution is 7.99. The number of nitrogens with zero attached hydrogens (tertiary/aromatic N) is 2. The van der Waals surface area contributed by atoms with E-state index in [4.69, 9.17) is 14.2 Å². The number of anilines is 2. The standard InChI is InChI=1S/C34H33N5O5S/c1-22-30(20-45-34-35-21-36-39-34)43-32(44-31(22)24-9-7-23(19-40)8-10-24)25-11-13-26(14-12-25)37-33(41)38-27-15-17-29(18-16-27)42-28-5-3-2-4-6-28/h2-18,21-22,30-32,40H,19-20H2,1H3,(H,35,36,39)(H2,37,38,41)/t22-,30+,31+,32+/m1/s1. The van der Waals surface area contributed by atoms with Crippen molar-refractivity contribution in [1.82, 2.24) is 15.2 Å². The number of aromatic nitrogens is 3. The molecule has 1 aromatic heterocycles. The molecule has 45 heavy (non-hydrogen) atoms. The number of urea groups is 1. The highest BCUT2D eigenvalue weighted by atomic mass is 32.2. The van der Waals surface area contributed by atoms with E-state index in [2.05, 4.69) is 32.7 Å². The van der Waals surface area contributed by atoms with Crippen molar-refractivity contribution in [2.45, 2.75) is 37.2 Å². The lowest BCUT2D eigenvalue weighted by molar-refractivity contribution is -0.268. The second-order valence-corrected chi connectivity index (χ2v) is 11.6. The number of H-pyrrole nitrogens is 1. The monoisotopic (exact) mass is 623 g/mol. The molecule has 11 heteroatoms. The number of aliphatic hydroxyl groups is 1. The molecule has 1 aliphatic heterocycles. The van der Waals surface area contributed by atoms with Crippen molar-refractivity contribution >= 4 is 29.2 Å². The van der Waals surface area contributed by atoms with Gasteiger partial charge in [-0.05, 0) is 59.7 Å². The van der Waals surface area contributed by atoms with Gasteiger partial charge < -0.3 is 30.0 Å². The Morgan fingerprint density at radius 3 is 2.16 bits per heavy atom. The normalized spacial score (nSPS) is 19.5. The molecule has 5 aromatic rings. The lowest BCUT2D eigenvalue weighted by atomic mass is 9.91. The summed E-state index contributed by atoms with van der Waals surface area (Å²) in [5.74, 6) is 2.11. The van der Waals surface area contributed by atoms with Gasteiger partial charge in [-0.15, -0.1) is 0 Å². The first-order chi connectivity index (χ1) is 22.0. The van der Waals surface area contributed by atoms with E-state index in [0.717, 1.165) is 27.6 Å². The van der Waals surface area contributed by atoms with Crippen molar-refractivity contribution in [1.29, 1.82) is 0 Å². The van der Waals surface area contributed by atoms with Gasteiger partial charge in [0.05, 0.1) is 18.8 Å². The molecule has 10 nitrogen and oxygen atoms in total. The lowest BCUT2D eigenvalue weighted by Gasteiger charge is -2.41.